The molecule has 1 amide bonds. The van der Waals surface area contributed by atoms with Crippen molar-refractivity contribution in [1.82, 2.24) is 9.88 Å². The number of hydrogen-bond acceptors (Lipinski definition) is 4. The maximum Gasteiger partial charge on any atom is 0.323 e. The van der Waals surface area contributed by atoms with E-state index in [2.05, 4.69) is 4.98 Å². The summed E-state index contributed by atoms with van der Waals surface area (Å²) in [5.41, 5.74) is 1.01. The van der Waals surface area contributed by atoms with E-state index >= 15 is 0 Å². The number of carboxylic acids is 1. The SMILES string of the molecule is CCC(C)N(CC(=O)O)c1ccnc(C(=O)N(C)C)c1. The summed E-state index contributed by atoms with van der Waals surface area (Å²) >= 11 is 0. The second kappa shape index (κ2) is 6.88. The Labute approximate surface area is 119 Å². The summed E-state index contributed by atoms with van der Waals surface area (Å²) in [6.07, 6.45) is 2.34. The number of aliphatic carboxylic acids is 1. The van der Waals surface area contributed by atoms with E-state index in [-0.39, 0.29) is 18.5 Å². The van der Waals surface area contributed by atoms with Gasteiger partial charge in [-0.25, -0.2) is 0 Å². The molecule has 1 heterocycles. The van der Waals surface area contributed by atoms with Crippen LogP contribution in [0.1, 0.15) is 30.8 Å². The molecule has 0 spiro atoms. The van der Waals surface area contributed by atoms with Crippen LogP contribution in [0.3, 0.4) is 0 Å². The Bertz CT molecular complexity index is 488. The van der Waals surface area contributed by atoms with Crippen molar-refractivity contribution < 1.29 is 14.7 Å². The Kier molecular flexibility index (Phi) is 5.49. The first kappa shape index (κ1) is 15.9. The van der Waals surface area contributed by atoms with Gasteiger partial charge in [0.05, 0.1) is 0 Å². The molecule has 6 nitrogen and oxygen atoms in total. The zero-order chi connectivity index (χ0) is 15.3. The molecule has 0 aliphatic rings. The first-order valence-corrected chi connectivity index (χ1v) is 6.53. The molecule has 6 heteroatoms. The quantitative estimate of drug-likeness (QED) is 0.853. The number of pyridine rings is 1. The minimum Gasteiger partial charge on any atom is -0.480 e. The summed E-state index contributed by atoms with van der Waals surface area (Å²) in [4.78, 5) is 30.2. The van der Waals surface area contributed by atoms with E-state index in [0.29, 0.717) is 11.4 Å². The van der Waals surface area contributed by atoms with Crippen LogP contribution in [0.2, 0.25) is 0 Å². The lowest BCUT2D eigenvalue weighted by molar-refractivity contribution is -0.135. The molecule has 1 atom stereocenters. The van der Waals surface area contributed by atoms with Gasteiger partial charge in [-0.2, -0.15) is 0 Å². The van der Waals surface area contributed by atoms with Gasteiger partial charge in [-0.05, 0) is 25.5 Å². The largest absolute Gasteiger partial charge is 0.480 e. The maximum absolute atomic E-state index is 11.9. The average molecular weight is 279 g/mol. The lowest BCUT2D eigenvalue weighted by Crippen LogP contribution is -2.37. The Morgan fingerprint density at radius 1 is 1.40 bits per heavy atom. The van der Waals surface area contributed by atoms with Crippen LogP contribution in [-0.2, 0) is 4.79 Å². The van der Waals surface area contributed by atoms with E-state index in [4.69, 9.17) is 5.11 Å². The fraction of sp³-hybridized carbons (Fsp3) is 0.500. The number of rotatable bonds is 6. The highest BCUT2D eigenvalue weighted by atomic mass is 16.4. The second-order valence-corrected chi connectivity index (χ2v) is 4.88. The number of amides is 1. The third-order valence-electron chi connectivity index (χ3n) is 3.13. The molecule has 1 aromatic rings. The van der Waals surface area contributed by atoms with Gasteiger partial charge in [0.2, 0.25) is 0 Å². The molecule has 0 aliphatic heterocycles. The zero-order valence-electron chi connectivity index (χ0n) is 12.3. The van der Waals surface area contributed by atoms with Crippen LogP contribution in [0.25, 0.3) is 0 Å². The molecule has 110 valence electrons. The van der Waals surface area contributed by atoms with Crippen LogP contribution >= 0.6 is 0 Å². The smallest absolute Gasteiger partial charge is 0.323 e. The van der Waals surface area contributed by atoms with Crippen molar-refractivity contribution in [2.75, 3.05) is 25.5 Å². The highest BCUT2D eigenvalue weighted by Crippen LogP contribution is 2.19. The highest BCUT2D eigenvalue weighted by Gasteiger charge is 2.18. The van der Waals surface area contributed by atoms with Crippen molar-refractivity contribution in [2.45, 2.75) is 26.3 Å². The van der Waals surface area contributed by atoms with Gasteiger partial charge in [0.1, 0.15) is 12.2 Å². The summed E-state index contributed by atoms with van der Waals surface area (Å²) in [6, 6.07) is 3.43. The fourth-order valence-corrected chi connectivity index (χ4v) is 1.81. The number of anilines is 1. The zero-order valence-corrected chi connectivity index (χ0v) is 12.3. The molecular weight excluding hydrogens is 258 g/mol. The van der Waals surface area contributed by atoms with E-state index < -0.39 is 5.97 Å². The highest BCUT2D eigenvalue weighted by molar-refractivity contribution is 5.93. The Morgan fingerprint density at radius 3 is 2.55 bits per heavy atom. The molecule has 1 rings (SSSR count). The van der Waals surface area contributed by atoms with Crippen molar-refractivity contribution in [2.24, 2.45) is 0 Å². The molecule has 0 fully saturated rings. The van der Waals surface area contributed by atoms with Gasteiger partial charge < -0.3 is 14.9 Å². The third-order valence-corrected chi connectivity index (χ3v) is 3.13. The maximum atomic E-state index is 11.9. The van der Waals surface area contributed by atoms with Crippen LogP contribution in [0.15, 0.2) is 18.3 Å². The topological polar surface area (TPSA) is 73.7 Å². The molecule has 20 heavy (non-hydrogen) atoms. The number of carbonyl (C=O) groups excluding carboxylic acids is 1. The van der Waals surface area contributed by atoms with Crippen LogP contribution in [0.5, 0.6) is 0 Å². The van der Waals surface area contributed by atoms with Crippen molar-refractivity contribution in [3.63, 3.8) is 0 Å². The lowest BCUT2D eigenvalue weighted by Gasteiger charge is -2.29. The molecule has 0 saturated heterocycles. The van der Waals surface area contributed by atoms with Crippen LogP contribution in [0, 0.1) is 0 Å². The standard InChI is InChI=1S/C14H21N3O3/c1-5-10(2)17(9-13(18)19)11-6-7-15-12(8-11)14(20)16(3)4/h6-8,10H,5,9H2,1-4H3,(H,18,19). The fourth-order valence-electron chi connectivity index (χ4n) is 1.81. The summed E-state index contributed by atoms with van der Waals surface area (Å²) < 4.78 is 0. The molecule has 0 bridgehead atoms. The van der Waals surface area contributed by atoms with Gasteiger partial charge in [0, 0.05) is 32.0 Å². The number of aromatic nitrogens is 1. The summed E-state index contributed by atoms with van der Waals surface area (Å²) in [6.45, 7) is 3.85. The van der Waals surface area contributed by atoms with E-state index in [1.165, 1.54) is 11.1 Å². The Hall–Kier alpha value is -2.11. The van der Waals surface area contributed by atoms with Gasteiger partial charge in [-0.15, -0.1) is 0 Å². The summed E-state index contributed by atoms with van der Waals surface area (Å²) in [5.74, 6) is -1.10. The summed E-state index contributed by atoms with van der Waals surface area (Å²) in [7, 11) is 3.31. The minimum absolute atomic E-state index is 0.0656. The third kappa shape index (κ3) is 3.94. The van der Waals surface area contributed by atoms with Gasteiger partial charge in [0.15, 0.2) is 0 Å². The van der Waals surface area contributed by atoms with Gasteiger partial charge in [-0.1, -0.05) is 6.92 Å². The predicted molar refractivity (Wildman–Crippen MR) is 77.0 cm³/mol. The Balaban J connectivity index is 3.11. The normalized spacial score (nSPS) is 11.8. The number of carboxylic acid groups (broad SMARTS) is 1. The van der Waals surface area contributed by atoms with E-state index in [1.807, 2.05) is 13.8 Å². The van der Waals surface area contributed by atoms with Gasteiger partial charge in [0.25, 0.3) is 5.91 Å². The molecule has 0 radical (unpaired) electrons. The first-order chi connectivity index (χ1) is 9.36. The van der Waals surface area contributed by atoms with E-state index in [9.17, 15) is 9.59 Å². The van der Waals surface area contributed by atoms with E-state index in [0.717, 1.165) is 6.42 Å². The van der Waals surface area contributed by atoms with Gasteiger partial charge >= 0.3 is 5.97 Å². The lowest BCUT2D eigenvalue weighted by atomic mass is 10.2. The number of carbonyl (C=O) groups is 2. The molecule has 0 aromatic carbocycles. The minimum atomic E-state index is -0.900. The van der Waals surface area contributed by atoms with Gasteiger partial charge in [-0.3, -0.25) is 14.6 Å². The monoisotopic (exact) mass is 279 g/mol. The number of hydrogen-bond donors (Lipinski definition) is 1. The van der Waals surface area contributed by atoms with Crippen LogP contribution < -0.4 is 4.90 Å². The predicted octanol–water partition coefficient (Wildman–Crippen LogP) is 1.47. The molecule has 1 N–H and O–H groups in total. The van der Waals surface area contributed by atoms with Crippen LogP contribution in [0.4, 0.5) is 5.69 Å². The Morgan fingerprint density at radius 2 is 2.05 bits per heavy atom. The molecular formula is C14H21N3O3. The van der Waals surface area contributed by atoms with Crippen molar-refractivity contribution in [3.05, 3.63) is 24.0 Å². The first-order valence-electron chi connectivity index (χ1n) is 6.53. The van der Waals surface area contributed by atoms with Crippen molar-refractivity contribution in [1.29, 1.82) is 0 Å². The summed E-state index contributed by atoms with van der Waals surface area (Å²) in [5, 5.41) is 9.02. The van der Waals surface area contributed by atoms with E-state index in [1.54, 1.807) is 31.1 Å². The molecule has 1 aromatic heterocycles. The van der Waals surface area contributed by atoms with Crippen LogP contribution in [-0.4, -0.2) is 53.5 Å². The molecule has 0 saturated carbocycles. The molecule has 0 aliphatic carbocycles. The second-order valence-electron chi connectivity index (χ2n) is 4.88. The van der Waals surface area contributed by atoms with Crippen molar-refractivity contribution in [3.8, 4) is 0 Å². The average Bonchev–Trinajstić information content (AvgIpc) is 2.42. The van der Waals surface area contributed by atoms with Crippen molar-refractivity contribution >= 4 is 17.6 Å². The molecule has 1 unspecified atom stereocenters. The number of nitrogens with zero attached hydrogens (tertiary/aromatic N) is 3.